The molecular formula is C20H25NO2. The Morgan fingerprint density at radius 1 is 1.00 bits per heavy atom. The van der Waals surface area contributed by atoms with Crippen molar-refractivity contribution >= 4 is 0 Å². The summed E-state index contributed by atoms with van der Waals surface area (Å²) in [6.07, 6.45) is 0.832. The summed E-state index contributed by atoms with van der Waals surface area (Å²) in [7, 11) is 4.23. The lowest BCUT2D eigenvalue weighted by atomic mass is 9.90. The van der Waals surface area contributed by atoms with Gasteiger partial charge in [0.05, 0.1) is 12.7 Å². The summed E-state index contributed by atoms with van der Waals surface area (Å²) in [5, 5.41) is 0. The van der Waals surface area contributed by atoms with Crippen LogP contribution < -0.4 is 0 Å². The second kappa shape index (κ2) is 7.73. The van der Waals surface area contributed by atoms with E-state index >= 15 is 0 Å². The molecule has 1 aliphatic rings. The van der Waals surface area contributed by atoms with Gasteiger partial charge in [-0.25, -0.2) is 0 Å². The number of nitrogens with zero attached hydrogens (tertiary/aromatic N) is 1. The molecule has 3 atom stereocenters. The van der Waals surface area contributed by atoms with E-state index < -0.39 is 0 Å². The largest absolute Gasteiger partial charge is 0.348 e. The number of hydrogen-bond acceptors (Lipinski definition) is 3. The van der Waals surface area contributed by atoms with Crippen LogP contribution in [0.1, 0.15) is 29.8 Å². The lowest BCUT2D eigenvalue weighted by Crippen LogP contribution is -2.36. The number of benzene rings is 2. The molecule has 2 aromatic rings. The van der Waals surface area contributed by atoms with E-state index in [0.29, 0.717) is 5.92 Å². The van der Waals surface area contributed by atoms with Crippen LogP contribution in [-0.4, -0.2) is 38.3 Å². The van der Waals surface area contributed by atoms with Crippen molar-refractivity contribution in [1.29, 1.82) is 0 Å². The first-order valence-corrected chi connectivity index (χ1v) is 8.25. The van der Waals surface area contributed by atoms with Gasteiger partial charge in [-0.1, -0.05) is 60.7 Å². The Labute approximate surface area is 138 Å². The molecule has 23 heavy (non-hydrogen) atoms. The van der Waals surface area contributed by atoms with Crippen LogP contribution >= 0.6 is 0 Å². The van der Waals surface area contributed by atoms with Crippen molar-refractivity contribution < 1.29 is 9.47 Å². The van der Waals surface area contributed by atoms with Gasteiger partial charge in [-0.15, -0.1) is 0 Å². The maximum absolute atomic E-state index is 6.34. The first-order valence-electron chi connectivity index (χ1n) is 8.25. The van der Waals surface area contributed by atoms with Gasteiger partial charge in [0.1, 0.15) is 0 Å². The predicted octanol–water partition coefficient (Wildman–Crippen LogP) is 3.84. The van der Waals surface area contributed by atoms with E-state index in [-0.39, 0.29) is 12.4 Å². The molecule has 3 nitrogen and oxygen atoms in total. The van der Waals surface area contributed by atoms with Gasteiger partial charge < -0.3 is 14.4 Å². The molecule has 0 aliphatic carbocycles. The average Bonchev–Trinajstić information content (AvgIpc) is 2.61. The minimum Gasteiger partial charge on any atom is -0.348 e. The van der Waals surface area contributed by atoms with Gasteiger partial charge in [-0.3, -0.25) is 0 Å². The van der Waals surface area contributed by atoms with Crippen molar-refractivity contribution in [2.24, 2.45) is 0 Å². The van der Waals surface area contributed by atoms with Gasteiger partial charge in [-0.05, 0) is 26.1 Å². The lowest BCUT2D eigenvalue weighted by Gasteiger charge is -2.36. The van der Waals surface area contributed by atoms with Gasteiger partial charge in [0.15, 0.2) is 6.29 Å². The Morgan fingerprint density at radius 2 is 1.65 bits per heavy atom. The summed E-state index contributed by atoms with van der Waals surface area (Å²) >= 11 is 0. The number of hydrogen-bond donors (Lipinski definition) is 0. The highest BCUT2D eigenvalue weighted by Gasteiger charge is 2.31. The second-order valence-corrected chi connectivity index (χ2v) is 6.36. The van der Waals surface area contributed by atoms with Crippen molar-refractivity contribution in [3.63, 3.8) is 0 Å². The van der Waals surface area contributed by atoms with Crippen LogP contribution in [-0.2, 0) is 9.47 Å². The Kier molecular flexibility index (Phi) is 5.44. The first kappa shape index (κ1) is 16.2. The van der Waals surface area contributed by atoms with Crippen LogP contribution in [0.4, 0.5) is 0 Å². The van der Waals surface area contributed by atoms with E-state index in [4.69, 9.17) is 9.47 Å². The summed E-state index contributed by atoms with van der Waals surface area (Å²) in [6.45, 7) is 1.71. The quantitative estimate of drug-likeness (QED) is 0.837. The molecule has 0 unspecified atom stereocenters. The highest BCUT2D eigenvalue weighted by atomic mass is 16.7. The van der Waals surface area contributed by atoms with Crippen molar-refractivity contribution in [3.05, 3.63) is 71.8 Å². The molecule has 0 radical (unpaired) electrons. The first-order chi connectivity index (χ1) is 11.2. The molecule has 1 heterocycles. The van der Waals surface area contributed by atoms with Gasteiger partial charge in [0, 0.05) is 18.0 Å². The normalized spacial score (nSPS) is 22.9. The van der Waals surface area contributed by atoms with E-state index in [1.807, 2.05) is 18.2 Å². The van der Waals surface area contributed by atoms with Crippen molar-refractivity contribution in [3.8, 4) is 0 Å². The molecule has 1 saturated heterocycles. The number of rotatable bonds is 5. The SMILES string of the molecule is CN(C)C[C@H](c1ccccc1)[C@@H]1CCO[C@H](c2ccccc2)O1. The molecule has 1 aliphatic heterocycles. The third kappa shape index (κ3) is 4.20. The van der Waals surface area contributed by atoms with Crippen LogP contribution in [0, 0.1) is 0 Å². The number of likely N-dealkylation sites (N-methyl/N-ethyl adjacent to an activating group) is 1. The molecular weight excluding hydrogens is 286 g/mol. The topological polar surface area (TPSA) is 21.7 Å². The predicted molar refractivity (Wildman–Crippen MR) is 92.4 cm³/mol. The molecule has 0 saturated carbocycles. The maximum atomic E-state index is 6.34. The van der Waals surface area contributed by atoms with E-state index in [0.717, 1.165) is 25.1 Å². The monoisotopic (exact) mass is 311 g/mol. The van der Waals surface area contributed by atoms with Crippen molar-refractivity contribution in [2.75, 3.05) is 27.2 Å². The van der Waals surface area contributed by atoms with Gasteiger partial charge in [0.25, 0.3) is 0 Å². The summed E-state index contributed by atoms with van der Waals surface area (Å²) in [6, 6.07) is 20.9. The third-order valence-corrected chi connectivity index (χ3v) is 4.28. The molecule has 0 N–H and O–H groups in total. The summed E-state index contributed by atoms with van der Waals surface area (Å²) in [5.74, 6) is 0.348. The Hall–Kier alpha value is -1.68. The molecule has 3 rings (SSSR count). The third-order valence-electron chi connectivity index (χ3n) is 4.28. The summed E-state index contributed by atoms with van der Waals surface area (Å²) in [5.41, 5.74) is 2.42. The van der Waals surface area contributed by atoms with E-state index in [2.05, 4.69) is 61.5 Å². The van der Waals surface area contributed by atoms with Crippen LogP contribution in [0.25, 0.3) is 0 Å². The zero-order chi connectivity index (χ0) is 16.1. The Morgan fingerprint density at radius 3 is 2.30 bits per heavy atom. The second-order valence-electron chi connectivity index (χ2n) is 6.36. The molecule has 0 amide bonds. The molecule has 0 bridgehead atoms. The molecule has 0 aromatic heterocycles. The minimum absolute atomic E-state index is 0.166. The van der Waals surface area contributed by atoms with Crippen molar-refractivity contribution in [2.45, 2.75) is 24.7 Å². The fourth-order valence-electron chi connectivity index (χ4n) is 3.17. The molecule has 122 valence electrons. The van der Waals surface area contributed by atoms with Gasteiger partial charge in [0.2, 0.25) is 0 Å². The van der Waals surface area contributed by atoms with Crippen molar-refractivity contribution in [1.82, 2.24) is 4.90 Å². The van der Waals surface area contributed by atoms with Crippen LogP contribution in [0.2, 0.25) is 0 Å². The molecule has 0 spiro atoms. The van der Waals surface area contributed by atoms with Gasteiger partial charge in [-0.2, -0.15) is 0 Å². The minimum atomic E-state index is -0.261. The van der Waals surface area contributed by atoms with E-state index in [9.17, 15) is 0 Å². The standard InChI is InChI=1S/C20H25NO2/c1-21(2)15-18(16-9-5-3-6-10-16)19-13-14-22-20(23-19)17-11-7-4-8-12-17/h3-12,18-20H,13-15H2,1-2H3/t18-,19+,20+/m1/s1. The molecule has 3 heteroatoms. The smallest absolute Gasteiger partial charge is 0.184 e. The average molecular weight is 311 g/mol. The fourth-order valence-corrected chi connectivity index (χ4v) is 3.17. The maximum Gasteiger partial charge on any atom is 0.184 e. The highest BCUT2D eigenvalue weighted by Crippen LogP contribution is 2.33. The zero-order valence-electron chi connectivity index (χ0n) is 13.9. The Bertz CT molecular complexity index is 585. The summed E-state index contributed by atoms with van der Waals surface area (Å²) < 4.78 is 12.2. The molecule has 2 aromatic carbocycles. The zero-order valence-corrected chi connectivity index (χ0v) is 13.9. The van der Waals surface area contributed by atoms with E-state index in [1.54, 1.807) is 0 Å². The van der Waals surface area contributed by atoms with Gasteiger partial charge >= 0.3 is 0 Å². The van der Waals surface area contributed by atoms with E-state index in [1.165, 1.54) is 5.56 Å². The Balaban J connectivity index is 1.79. The number of ether oxygens (including phenoxy) is 2. The lowest BCUT2D eigenvalue weighted by molar-refractivity contribution is -0.223. The highest BCUT2D eigenvalue weighted by molar-refractivity contribution is 5.22. The fraction of sp³-hybridized carbons (Fsp3) is 0.400. The van der Waals surface area contributed by atoms with Crippen LogP contribution in [0.5, 0.6) is 0 Å². The molecule has 1 fully saturated rings. The summed E-state index contributed by atoms with van der Waals surface area (Å²) in [4.78, 5) is 2.23. The van der Waals surface area contributed by atoms with Crippen LogP contribution in [0.3, 0.4) is 0 Å². The van der Waals surface area contributed by atoms with Crippen LogP contribution in [0.15, 0.2) is 60.7 Å².